The molecule has 0 heterocycles. The van der Waals surface area contributed by atoms with E-state index in [0.29, 0.717) is 12.1 Å². The molecule has 6 heteroatoms. The Labute approximate surface area is 105 Å². The molecule has 0 amide bonds. The standard InChI is InChI=1S/C13H8F5N/c14-8-1-7(2-9(15)3-8)6-19-12-5-10(16)4-11(17)13(12)18/h1-5,19H,6H2. The van der Waals surface area contributed by atoms with E-state index in [1.807, 2.05) is 0 Å². The van der Waals surface area contributed by atoms with Crippen LogP contribution in [0, 0.1) is 29.1 Å². The summed E-state index contributed by atoms with van der Waals surface area (Å²) in [5.41, 5.74) is -0.233. The van der Waals surface area contributed by atoms with Crippen LogP contribution in [0.25, 0.3) is 0 Å². The summed E-state index contributed by atoms with van der Waals surface area (Å²) in [6, 6.07) is 3.91. The summed E-state index contributed by atoms with van der Waals surface area (Å²) in [5.74, 6) is -5.12. The van der Waals surface area contributed by atoms with Gasteiger partial charge >= 0.3 is 0 Å². The van der Waals surface area contributed by atoms with E-state index in [-0.39, 0.29) is 12.1 Å². The van der Waals surface area contributed by atoms with Gasteiger partial charge in [-0.1, -0.05) is 0 Å². The third-order valence-electron chi connectivity index (χ3n) is 2.40. The summed E-state index contributed by atoms with van der Waals surface area (Å²) in [6.07, 6.45) is 0. The van der Waals surface area contributed by atoms with Gasteiger partial charge in [0.05, 0.1) is 5.69 Å². The molecule has 0 aliphatic heterocycles. The number of hydrogen-bond acceptors (Lipinski definition) is 1. The third kappa shape index (κ3) is 3.21. The lowest BCUT2D eigenvalue weighted by molar-refractivity contribution is 0.497. The number of benzene rings is 2. The van der Waals surface area contributed by atoms with Crippen LogP contribution in [0.4, 0.5) is 27.6 Å². The van der Waals surface area contributed by atoms with Gasteiger partial charge in [-0.3, -0.25) is 0 Å². The Hall–Kier alpha value is -2.11. The Bertz CT molecular complexity index is 592. The average molecular weight is 273 g/mol. The van der Waals surface area contributed by atoms with Gasteiger partial charge in [-0.15, -0.1) is 0 Å². The first-order chi connectivity index (χ1) is 8.95. The molecule has 0 aliphatic rings. The van der Waals surface area contributed by atoms with E-state index >= 15 is 0 Å². The van der Waals surface area contributed by atoms with E-state index in [2.05, 4.69) is 5.32 Å². The average Bonchev–Trinajstić information content (AvgIpc) is 2.30. The number of anilines is 1. The molecular weight excluding hydrogens is 265 g/mol. The van der Waals surface area contributed by atoms with E-state index < -0.39 is 34.8 Å². The Balaban J connectivity index is 2.19. The van der Waals surface area contributed by atoms with Crippen LogP contribution in [-0.2, 0) is 6.54 Å². The van der Waals surface area contributed by atoms with Crippen molar-refractivity contribution in [2.75, 3.05) is 5.32 Å². The predicted octanol–water partition coefficient (Wildman–Crippen LogP) is 3.99. The van der Waals surface area contributed by atoms with E-state index in [0.717, 1.165) is 18.2 Å². The van der Waals surface area contributed by atoms with Crippen molar-refractivity contribution in [3.63, 3.8) is 0 Å². The van der Waals surface area contributed by atoms with Crippen molar-refractivity contribution in [2.45, 2.75) is 6.54 Å². The zero-order valence-corrected chi connectivity index (χ0v) is 9.48. The fourth-order valence-corrected chi connectivity index (χ4v) is 1.59. The molecule has 1 N–H and O–H groups in total. The summed E-state index contributed by atoms with van der Waals surface area (Å²) >= 11 is 0. The summed E-state index contributed by atoms with van der Waals surface area (Å²) < 4.78 is 64.9. The van der Waals surface area contributed by atoms with E-state index in [1.165, 1.54) is 0 Å². The molecule has 0 saturated heterocycles. The highest BCUT2D eigenvalue weighted by atomic mass is 19.2. The Kier molecular flexibility index (Phi) is 3.69. The van der Waals surface area contributed by atoms with Crippen LogP contribution in [0.15, 0.2) is 30.3 Å². The van der Waals surface area contributed by atoms with Crippen LogP contribution in [-0.4, -0.2) is 0 Å². The summed E-state index contributed by atoms with van der Waals surface area (Å²) in [7, 11) is 0. The molecule has 0 spiro atoms. The number of halogens is 5. The lowest BCUT2D eigenvalue weighted by atomic mass is 10.2. The van der Waals surface area contributed by atoms with Crippen LogP contribution in [0.3, 0.4) is 0 Å². The molecule has 19 heavy (non-hydrogen) atoms. The maximum Gasteiger partial charge on any atom is 0.182 e. The molecule has 0 unspecified atom stereocenters. The molecule has 2 rings (SSSR count). The van der Waals surface area contributed by atoms with Crippen molar-refractivity contribution < 1.29 is 22.0 Å². The molecule has 0 aromatic heterocycles. The van der Waals surface area contributed by atoms with E-state index in [1.54, 1.807) is 0 Å². The molecule has 2 aromatic carbocycles. The van der Waals surface area contributed by atoms with Gasteiger partial charge in [0.25, 0.3) is 0 Å². The minimum Gasteiger partial charge on any atom is -0.378 e. The fourth-order valence-electron chi connectivity index (χ4n) is 1.59. The smallest absolute Gasteiger partial charge is 0.182 e. The quantitative estimate of drug-likeness (QED) is 0.658. The first-order valence-electron chi connectivity index (χ1n) is 5.29. The lowest BCUT2D eigenvalue weighted by Crippen LogP contribution is -2.04. The molecule has 0 aliphatic carbocycles. The molecule has 100 valence electrons. The monoisotopic (exact) mass is 273 g/mol. The van der Waals surface area contributed by atoms with Gasteiger partial charge in [0.2, 0.25) is 0 Å². The highest BCUT2D eigenvalue weighted by Gasteiger charge is 2.11. The van der Waals surface area contributed by atoms with Crippen LogP contribution >= 0.6 is 0 Å². The van der Waals surface area contributed by atoms with E-state index in [4.69, 9.17) is 0 Å². The summed E-state index contributed by atoms with van der Waals surface area (Å²) in [6.45, 7) is -0.172. The molecule has 2 aromatic rings. The van der Waals surface area contributed by atoms with Crippen LogP contribution in [0.5, 0.6) is 0 Å². The van der Waals surface area contributed by atoms with Crippen molar-refractivity contribution in [3.8, 4) is 0 Å². The highest BCUT2D eigenvalue weighted by Crippen LogP contribution is 2.20. The Morgan fingerprint density at radius 1 is 0.737 bits per heavy atom. The number of nitrogens with one attached hydrogen (secondary N) is 1. The third-order valence-corrected chi connectivity index (χ3v) is 2.40. The minimum atomic E-state index is -1.34. The van der Waals surface area contributed by atoms with Gasteiger partial charge in [-0.2, -0.15) is 0 Å². The number of rotatable bonds is 3. The molecular formula is C13H8F5N. The molecule has 1 nitrogen and oxygen atoms in total. The van der Waals surface area contributed by atoms with Crippen molar-refractivity contribution in [1.82, 2.24) is 0 Å². The first-order valence-corrected chi connectivity index (χ1v) is 5.29. The van der Waals surface area contributed by atoms with Gasteiger partial charge in [0.1, 0.15) is 17.5 Å². The van der Waals surface area contributed by atoms with Gasteiger partial charge in [0.15, 0.2) is 11.6 Å². The summed E-state index contributed by atoms with van der Waals surface area (Å²) in [4.78, 5) is 0. The Morgan fingerprint density at radius 2 is 1.32 bits per heavy atom. The van der Waals surface area contributed by atoms with Gasteiger partial charge in [-0.25, -0.2) is 22.0 Å². The molecule has 0 saturated carbocycles. The van der Waals surface area contributed by atoms with Crippen LogP contribution in [0.1, 0.15) is 5.56 Å². The van der Waals surface area contributed by atoms with Gasteiger partial charge in [0, 0.05) is 24.7 Å². The van der Waals surface area contributed by atoms with Gasteiger partial charge in [-0.05, 0) is 17.7 Å². The predicted molar refractivity (Wildman–Crippen MR) is 60.0 cm³/mol. The summed E-state index contributed by atoms with van der Waals surface area (Å²) in [5, 5.41) is 2.38. The topological polar surface area (TPSA) is 12.0 Å². The number of hydrogen-bond donors (Lipinski definition) is 1. The second-order valence-electron chi connectivity index (χ2n) is 3.88. The first kappa shape index (κ1) is 13.3. The highest BCUT2D eigenvalue weighted by molar-refractivity contribution is 5.46. The Morgan fingerprint density at radius 3 is 1.95 bits per heavy atom. The molecule has 0 atom stereocenters. The molecule has 0 bridgehead atoms. The van der Waals surface area contributed by atoms with Crippen molar-refractivity contribution in [1.29, 1.82) is 0 Å². The SMILES string of the molecule is Fc1cc(F)cc(CNc2cc(F)cc(F)c2F)c1. The van der Waals surface area contributed by atoms with Crippen molar-refractivity contribution in [2.24, 2.45) is 0 Å². The maximum atomic E-state index is 13.3. The normalized spacial score (nSPS) is 10.6. The van der Waals surface area contributed by atoms with E-state index in [9.17, 15) is 22.0 Å². The van der Waals surface area contributed by atoms with Gasteiger partial charge < -0.3 is 5.32 Å². The van der Waals surface area contributed by atoms with Crippen molar-refractivity contribution in [3.05, 3.63) is 65.0 Å². The molecule has 0 fully saturated rings. The maximum absolute atomic E-state index is 13.3. The minimum absolute atomic E-state index is 0.172. The van der Waals surface area contributed by atoms with Crippen molar-refractivity contribution >= 4 is 5.69 Å². The van der Waals surface area contributed by atoms with Crippen LogP contribution in [0.2, 0.25) is 0 Å². The fraction of sp³-hybridized carbons (Fsp3) is 0.0769. The molecule has 0 radical (unpaired) electrons. The lowest BCUT2D eigenvalue weighted by Gasteiger charge is -2.08. The van der Waals surface area contributed by atoms with Crippen LogP contribution < -0.4 is 5.32 Å². The zero-order valence-electron chi connectivity index (χ0n) is 9.48. The second kappa shape index (κ2) is 5.26. The second-order valence-corrected chi connectivity index (χ2v) is 3.88. The largest absolute Gasteiger partial charge is 0.378 e. The zero-order chi connectivity index (χ0) is 14.0.